The van der Waals surface area contributed by atoms with E-state index in [-0.39, 0.29) is 23.8 Å². The Labute approximate surface area is 135 Å². The summed E-state index contributed by atoms with van der Waals surface area (Å²) < 4.78 is 5.68. The second-order valence-electron chi connectivity index (χ2n) is 6.01. The van der Waals surface area contributed by atoms with Crippen LogP contribution in [0.3, 0.4) is 0 Å². The van der Waals surface area contributed by atoms with E-state index in [2.05, 4.69) is 17.5 Å². The first kappa shape index (κ1) is 15.4. The Balaban J connectivity index is 1.77. The molecule has 1 aromatic carbocycles. The van der Waals surface area contributed by atoms with Gasteiger partial charge in [0.25, 0.3) is 0 Å². The van der Waals surface area contributed by atoms with Crippen LogP contribution in [0, 0.1) is 17.8 Å². The maximum atomic E-state index is 12.6. The molecule has 1 saturated carbocycles. The van der Waals surface area contributed by atoms with E-state index in [1.54, 1.807) is 12.1 Å². The highest BCUT2D eigenvalue weighted by molar-refractivity contribution is 6.32. The molecule has 0 radical (unpaired) electrons. The van der Waals surface area contributed by atoms with E-state index in [1.807, 2.05) is 13.0 Å². The number of nitrogens with two attached hydrogens (primary N) is 1. The number of hydrogen-bond donors (Lipinski definition) is 2. The van der Waals surface area contributed by atoms with Crippen molar-refractivity contribution in [3.05, 3.63) is 35.4 Å². The van der Waals surface area contributed by atoms with Crippen molar-refractivity contribution in [1.82, 2.24) is 0 Å². The van der Waals surface area contributed by atoms with Gasteiger partial charge in [-0.2, -0.15) is 0 Å². The van der Waals surface area contributed by atoms with Gasteiger partial charge in [-0.25, -0.2) is 0 Å². The molecule has 118 valence electrons. The lowest BCUT2D eigenvalue weighted by atomic mass is 9.88. The molecule has 1 aromatic rings. The highest BCUT2D eigenvalue weighted by Crippen LogP contribution is 2.43. The highest BCUT2D eigenvalue weighted by atomic mass is 35.5. The summed E-state index contributed by atoms with van der Waals surface area (Å²) in [5.74, 6) is 0.891. The smallest absolute Gasteiger partial charge is 0.229 e. The molecule has 2 bridgehead atoms. The van der Waals surface area contributed by atoms with Crippen LogP contribution in [0.5, 0.6) is 5.75 Å². The van der Waals surface area contributed by atoms with Crippen molar-refractivity contribution in [3.8, 4) is 5.75 Å². The monoisotopic (exact) mass is 320 g/mol. The van der Waals surface area contributed by atoms with Crippen LogP contribution < -0.4 is 15.8 Å². The number of carbonyl (C=O) groups excluding carboxylic acids is 1. The number of rotatable bonds is 5. The van der Waals surface area contributed by atoms with E-state index in [4.69, 9.17) is 22.1 Å². The summed E-state index contributed by atoms with van der Waals surface area (Å²) >= 11 is 6.19. The lowest BCUT2D eigenvalue weighted by molar-refractivity contribution is -0.120. The molecule has 0 heterocycles. The third-order valence-corrected chi connectivity index (χ3v) is 4.80. The Kier molecular flexibility index (Phi) is 4.41. The molecule has 3 rings (SSSR count). The number of fused-ring (bicyclic) bond motifs is 2. The number of amides is 1. The van der Waals surface area contributed by atoms with Gasteiger partial charge in [0, 0.05) is 6.04 Å². The minimum atomic E-state index is -0.173. The molecule has 5 heteroatoms. The minimum Gasteiger partial charge on any atom is -0.490 e. The van der Waals surface area contributed by atoms with Gasteiger partial charge in [-0.3, -0.25) is 4.79 Å². The van der Waals surface area contributed by atoms with Gasteiger partial charge in [-0.1, -0.05) is 36.7 Å². The van der Waals surface area contributed by atoms with Gasteiger partial charge in [-0.15, -0.1) is 0 Å². The number of allylic oxidation sites excluding steroid dienone is 1. The zero-order chi connectivity index (χ0) is 15.7. The van der Waals surface area contributed by atoms with Crippen LogP contribution in [-0.2, 0) is 4.79 Å². The molecular weight excluding hydrogens is 300 g/mol. The Bertz CT molecular complexity index is 602. The molecule has 0 aromatic heterocycles. The fourth-order valence-corrected chi connectivity index (χ4v) is 3.63. The van der Waals surface area contributed by atoms with Crippen molar-refractivity contribution >= 4 is 23.2 Å². The predicted molar refractivity (Wildman–Crippen MR) is 88.1 cm³/mol. The van der Waals surface area contributed by atoms with Crippen LogP contribution in [0.15, 0.2) is 30.4 Å². The zero-order valence-electron chi connectivity index (χ0n) is 12.6. The third-order valence-electron chi connectivity index (χ3n) is 4.50. The molecule has 0 saturated heterocycles. The number of anilines is 1. The number of halogens is 1. The van der Waals surface area contributed by atoms with Crippen LogP contribution in [0.2, 0.25) is 5.02 Å². The average Bonchev–Trinajstić information content (AvgIpc) is 3.07. The topological polar surface area (TPSA) is 64.3 Å². The van der Waals surface area contributed by atoms with Crippen molar-refractivity contribution in [2.24, 2.45) is 23.5 Å². The molecule has 4 atom stereocenters. The Morgan fingerprint density at radius 3 is 2.86 bits per heavy atom. The van der Waals surface area contributed by atoms with Gasteiger partial charge in [0.2, 0.25) is 5.91 Å². The summed E-state index contributed by atoms with van der Waals surface area (Å²) in [4.78, 5) is 12.6. The second-order valence-corrected chi connectivity index (χ2v) is 6.41. The summed E-state index contributed by atoms with van der Waals surface area (Å²) in [6.45, 7) is 2.58. The maximum Gasteiger partial charge on any atom is 0.229 e. The van der Waals surface area contributed by atoms with E-state index in [9.17, 15) is 4.79 Å². The van der Waals surface area contributed by atoms with Crippen LogP contribution >= 0.6 is 11.6 Å². The number of benzene rings is 1. The average molecular weight is 321 g/mol. The number of hydrogen-bond acceptors (Lipinski definition) is 3. The van der Waals surface area contributed by atoms with E-state index in [0.29, 0.717) is 29.0 Å². The molecule has 1 fully saturated rings. The lowest BCUT2D eigenvalue weighted by Crippen LogP contribution is -2.41. The second kappa shape index (κ2) is 6.31. The predicted octanol–water partition coefficient (Wildman–Crippen LogP) is 3.22. The van der Waals surface area contributed by atoms with E-state index < -0.39 is 0 Å². The molecule has 0 spiro atoms. The number of para-hydroxylation sites is 1. The summed E-state index contributed by atoms with van der Waals surface area (Å²) in [6.07, 6.45) is 6.10. The van der Waals surface area contributed by atoms with Crippen LogP contribution in [0.25, 0.3) is 0 Å². The lowest BCUT2D eigenvalue weighted by Gasteiger charge is -2.24. The van der Waals surface area contributed by atoms with E-state index >= 15 is 0 Å². The quantitative estimate of drug-likeness (QED) is 0.819. The first-order valence-electron chi connectivity index (χ1n) is 7.78. The van der Waals surface area contributed by atoms with Gasteiger partial charge in [0.15, 0.2) is 5.75 Å². The summed E-state index contributed by atoms with van der Waals surface area (Å²) in [5, 5.41) is 3.46. The third kappa shape index (κ3) is 2.73. The fourth-order valence-electron chi connectivity index (χ4n) is 3.40. The van der Waals surface area contributed by atoms with E-state index in [1.165, 1.54) is 0 Å². The van der Waals surface area contributed by atoms with Gasteiger partial charge in [0.05, 0.1) is 23.2 Å². The SMILES string of the molecule is CCCOc1c(Cl)cccc1NC(=O)[C@H]1[C@@H](N)[C@H]2C=C[C@@H]1C2. The van der Waals surface area contributed by atoms with Crippen molar-refractivity contribution in [2.75, 3.05) is 11.9 Å². The van der Waals surface area contributed by atoms with Gasteiger partial charge < -0.3 is 15.8 Å². The van der Waals surface area contributed by atoms with Crippen molar-refractivity contribution in [1.29, 1.82) is 0 Å². The normalized spacial score (nSPS) is 28.9. The summed E-state index contributed by atoms with van der Waals surface area (Å²) in [6, 6.07) is 5.27. The minimum absolute atomic E-state index is 0.0482. The van der Waals surface area contributed by atoms with Crippen molar-refractivity contribution in [2.45, 2.75) is 25.8 Å². The molecule has 0 unspecified atom stereocenters. The fraction of sp³-hybridized carbons (Fsp3) is 0.471. The Morgan fingerprint density at radius 2 is 2.18 bits per heavy atom. The first-order valence-corrected chi connectivity index (χ1v) is 8.15. The number of carbonyl (C=O) groups is 1. The number of ether oxygens (including phenoxy) is 1. The molecule has 2 aliphatic carbocycles. The van der Waals surface area contributed by atoms with Gasteiger partial charge in [0.1, 0.15) is 0 Å². The van der Waals surface area contributed by atoms with E-state index in [0.717, 1.165) is 12.8 Å². The molecule has 1 amide bonds. The molecular formula is C17H21ClN2O2. The Hall–Kier alpha value is -1.52. The molecule has 2 aliphatic rings. The summed E-state index contributed by atoms with van der Waals surface area (Å²) in [5.41, 5.74) is 6.81. The van der Waals surface area contributed by atoms with Gasteiger partial charge >= 0.3 is 0 Å². The molecule has 3 N–H and O–H groups in total. The number of nitrogens with one attached hydrogen (secondary N) is 1. The largest absolute Gasteiger partial charge is 0.490 e. The zero-order valence-corrected chi connectivity index (χ0v) is 13.3. The molecule has 0 aliphatic heterocycles. The van der Waals surface area contributed by atoms with Crippen LogP contribution in [-0.4, -0.2) is 18.6 Å². The standard InChI is InChI=1S/C17H21ClN2O2/c1-2-8-22-16-12(18)4-3-5-13(16)20-17(21)14-10-6-7-11(9-10)15(14)19/h3-7,10-11,14-15H,2,8-9,19H2,1H3,(H,20,21)/t10-,11+,14-,15+/m1/s1. The Morgan fingerprint density at radius 1 is 1.41 bits per heavy atom. The van der Waals surface area contributed by atoms with Crippen molar-refractivity contribution < 1.29 is 9.53 Å². The maximum absolute atomic E-state index is 12.6. The summed E-state index contributed by atoms with van der Waals surface area (Å²) in [7, 11) is 0. The van der Waals surface area contributed by atoms with Crippen LogP contribution in [0.1, 0.15) is 19.8 Å². The van der Waals surface area contributed by atoms with Crippen LogP contribution in [0.4, 0.5) is 5.69 Å². The first-order chi connectivity index (χ1) is 10.6. The molecule has 4 nitrogen and oxygen atoms in total. The highest BCUT2D eigenvalue weighted by Gasteiger charge is 2.46. The molecule has 22 heavy (non-hydrogen) atoms. The van der Waals surface area contributed by atoms with Crippen molar-refractivity contribution in [3.63, 3.8) is 0 Å². The van der Waals surface area contributed by atoms with Gasteiger partial charge in [-0.05, 0) is 36.8 Å².